The Bertz CT molecular complexity index is 392. The van der Waals surface area contributed by atoms with E-state index in [1.165, 1.54) is 19.4 Å². The Labute approximate surface area is 105 Å². The van der Waals surface area contributed by atoms with Crippen molar-refractivity contribution in [2.24, 2.45) is 0 Å². The number of hydrogen-bond acceptors (Lipinski definition) is 4. The van der Waals surface area contributed by atoms with Crippen molar-refractivity contribution in [1.82, 2.24) is 9.88 Å². The van der Waals surface area contributed by atoms with Gasteiger partial charge in [0.05, 0.1) is 17.1 Å². The molecule has 5 heteroatoms. The highest BCUT2D eigenvalue weighted by Gasteiger charge is 2.24. The number of carbonyl (C=O) groups is 1. The molecule has 1 atom stereocenters. The predicted octanol–water partition coefficient (Wildman–Crippen LogP) is 1.80. The van der Waals surface area contributed by atoms with E-state index in [2.05, 4.69) is 16.8 Å². The third kappa shape index (κ3) is 3.26. The molecular formula is C12H18N2O2S. The molecule has 1 aromatic heterocycles. The lowest BCUT2D eigenvalue weighted by Crippen LogP contribution is -2.30. The van der Waals surface area contributed by atoms with E-state index < -0.39 is 5.97 Å². The van der Waals surface area contributed by atoms with Gasteiger partial charge in [0, 0.05) is 17.8 Å². The van der Waals surface area contributed by atoms with Crippen LogP contribution in [-0.2, 0) is 17.6 Å². The van der Waals surface area contributed by atoms with Crippen molar-refractivity contribution < 1.29 is 9.90 Å². The molecule has 1 fully saturated rings. The topological polar surface area (TPSA) is 53.4 Å². The summed E-state index contributed by atoms with van der Waals surface area (Å²) in [5, 5.41) is 11.6. The van der Waals surface area contributed by atoms with Gasteiger partial charge in [-0.3, -0.25) is 4.79 Å². The van der Waals surface area contributed by atoms with Gasteiger partial charge in [0.15, 0.2) is 0 Å². The summed E-state index contributed by atoms with van der Waals surface area (Å²) in [6.45, 7) is 4.47. The molecule has 1 aliphatic heterocycles. The van der Waals surface area contributed by atoms with E-state index in [9.17, 15) is 4.79 Å². The summed E-state index contributed by atoms with van der Waals surface area (Å²) in [5.74, 6) is -0.807. The first-order valence-electron chi connectivity index (χ1n) is 6.08. The maximum atomic E-state index is 10.6. The second-order valence-electron chi connectivity index (χ2n) is 4.43. The summed E-state index contributed by atoms with van der Waals surface area (Å²) < 4.78 is 0. The van der Waals surface area contributed by atoms with Crippen LogP contribution in [0.25, 0.3) is 0 Å². The van der Waals surface area contributed by atoms with Crippen LogP contribution in [0.3, 0.4) is 0 Å². The minimum absolute atomic E-state index is 0.0403. The van der Waals surface area contributed by atoms with Gasteiger partial charge in [0.1, 0.15) is 0 Å². The Morgan fingerprint density at radius 2 is 2.53 bits per heavy atom. The number of hydrogen-bond donors (Lipinski definition) is 1. The van der Waals surface area contributed by atoms with Gasteiger partial charge in [-0.2, -0.15) is 0 Å². The fourth-order valence-electron chi connectivity index (χ4n) is 2.42. The van der Waals surface area contributed by atoms with Gasteiger partial charge in [-0.25, -0.2) is 4.98 Å². The quantitative estimate of drug-likeness (QED) is 0.870. The van der Waals surface area contributed by atoms with Crippen molar-refractivity contribution in [1.29, 1.82) is 0 Å². The van der Waals surface area contributed by atoms with Crippen molar-refractivity contribution in [3.63, 3.8) is 0 Å². The third-order valence-electron chi connectivity index (χ3n) is 3.25. The number of thiazole rings is 1. The lowest BCUT2D eigenvalue weighted by atomic mass is 10.1. The fourth-order valence-corrected chi connectivity index (χ4v) is 3.29. The molecule has 94 valence electrons. The maximum absolute atomic E-state index is 10.6. The number of carboxylic acid groups (broad SMARTS) is 1. The Morgan fingerprint density at radius 3 is 3.24 bits per heavy atom. The molecule has 17 heavy (non-hydrogen) atoms. The summed E-state index contributed by atoms with van der Waals surface area (Å²) in [4.78, 5) is 17.5. The largest absolute Gasteiger partial charge is 0.481 e. The molecule has 2 heterocycles. The van der Waals surface area contributed by atoms with Crippen LogP contribution in [0.4, 0.5) is 0 Å². The zero-order chi connectivity index (χ0) is 12.3. The van der Waals surface area contributed by atoms with Crippen LogP contribution in [0.1, 0.15) is 30.5 Å². The lowest BCUT2D eigenvalue weighted by molar-refractivity contribution is -0.136. The highest BCUT2D eigenvalue weighted by atomic mass is 32.1. The number of likely N-dealkylation sites (N-methyl/N-ethyl adjacent to an activating group) is 1. The van der Waals surface area contributed by atoms with Crippen molar-refractivity contribution in [3.05, 3.63) is 16.1 Å². The van der Waals surface area contributed by atoms with Crippen LogP contribution in [0.15, 0.2) is 5.38 Å². The van der Waals surface area contributed by atoms with Crippen molar-refractivity contribution in [2.45, 2.75) is 38.6 Å². The first-order chi connectivity index (χ1) is 8.19. The average Bonchev–Trinajstić information content (AvgIpc) is 2.87. The summed E-state index contributed by atoms with van der Waals surface area (Å²) >= 11 is 1.59. The molecule has 0 aliphatic carbocycles. The Morgan fingerprint density at radius 1 is 1.71 bits per heavy atom. The van der Waals surface area contributed by atoms with Gasteiger partial charge in [-0.1, -0.05) is 6.92 Å². The summed E-state index contributed by atoms with van der Waals surface area (Å²) in [7, 11) is 0. The van der Waals surface area contributed by atoms with E-state index in [0.717, 1.165) is 18.0 Å². The number of aliphatic carboxylic acids is 1. The van der Waals surface area contributed by atoms with Gasteiger partial charge >= 0.3 is 5.97 Å². The predicted molar refractivity (Wildman–Crippen MR) is 67.4 cm³/mol. The molecule has 0 saturated carbocycles. The minimum Gasteiger partial charge on any atom is -0.481 e. The van der Waals surface area contributed by atoms with Crippen LogP contribution >= 0.6 is 11.3 Å². The second-order valence-corrected chi connectivity index (χ2v) is 5.37. The SMILES string of the molecule is CCN1CCCC1Cc1nc(CC(=O)O)cs1. The molecule has 1 N–H and O–H groups in total. The molecule has 1 unspecified atom stereocenters. The first-order valence-corrected chi connectivity index (χ1v) is 6.96. The molecule has 1 aromatic rings. The summed E-state index contributed by atoms with van der Waals surface area (Å²) in [6.07, 6.45) is 3.52. The van der Waals surface area contributed by atoms with Crippen LogP contribution < -0.4 is 0 Å². The standard InChI is InChI=1S/C12H18N2O2S/c1-2-14-5-3-4-10(14)7-11-13-9(8-17-11)6-12(15)16/h8,10H,2-7H2,1H3,(H,15,16). The zero-order valence-corrected chi connectivity index (χ0v) is 10.9. The minimum atomic E-state index is -0.807. The molecule has 0 amide bonds. The normalized spacial score (nSPS) is 20.9. The molecule has 0 radical (unpaired) electrons. The molecule has 4 nitrogen and oxygen atoms in total. The lowest BCUT2D eigenvalue weighted by Gasteiger charge is -2.21. The first kappa shape index (κ1) is 12.5. The molecule has 0 aromatic carbocycles. The summed E-state index contributed by atoms with van der Waals surface area (Å²) in [5.41, 5.74) is 0.693. The molecule has 1 aliphatic rings. The average molecular weight is 254 g/mol. The third-order valence-corrected chi connectivity index (χ3v) is 4.17. The van der Waals surface area contributed by atoms with Crippen LogP contribution in [0, 0.1) is 0 Å². The molecule has 0 spiro atoms. The van der Waals surface area contributed by atoms with Crippen molar-refractivity contribution in [3.8, 4) is 0 Å². The van der Waals surface area contributed by atoms with E-state index in [1.54, 1.807) is 11.3 Å². The van der Waals surface area contributed by atoms with E-state index >= 15 is 0 Å². The van der Waals surface area contributed by atoms with Crippen LogP contribution in [-0.4, -0.2) is 40.1 Å². The van der Waals surface area contributed by atoms with Crippen molar-refractivity contribution in [2.75, 3.05) is 13.1 Å². The Hall–Kier alpha value is -0.940. The second kappa shape index (κ2) is 5.60. The monoisotopic (exact) mass is 254 g/mol. The van der Waals surface area contributed by atoms with Gasteiger partial charge in [0.25, 0.3) is 0 Å². The van der Waals surface area contributed by atoms with Gasteiger partial charge in [0.2, 0.25) is 0 Å². The Kier molecular flexibility index (Phi) is 4.12. The van der Waals surface area contributed by atoms with Gasteiger partial charge in [-0.05, 0) is 25.9 Å². The van der Waals surface area contributed by atoms with E-state index in [4.69, 9.17) is 5.11 Å². The zero-order valence-electron chi connectivity index (χ0n) is 10.1. The Balaban J connectivity index is 1.94. The number of carboxylic acids is 1. The van der Waals surface area contributed by atoms with E-state index in [0.29, 0.717) is 11.7 Å². The number of likely N-dealkylation sites (tertiary alicyclic amines) is 1. The van der Waals surface area contributed by atoms with Crippen LogP contribution in [0.5, 0.6) is 0 Å². The highest BCUT2D eigenvalue weighted by molar-refractivity contribution is 7.09. The van der Waals surface area contributed by atoms with Crippen LogP contribution in [0.2, 0.25) is 0 Å². The number of rotatable bonds is 5. The smallest absolute Gasteiger partial charge is 0.309 e. The number of aromatic nitrogens is 1. The van der Waals surface area contributed by atoms with E-state index in [-0.39, 0.29) is 6.42 Å². The number of nitrogens with zero attached hydrogens (tertiary/aromatic N) is 2. The molecule has 0 bridgehead atoms. The van der Waals surface area contributed by atoms with E-state index in [1.807, 2.05) is 5.38 Å². The van der Waals surface area contributed by atoms with Crippen molar-refractivity contribution >= 4 is 17.3 Å². The summed E-state index contributed by atoms with van der Waals surface area (Å²) in [6, 6.07) is 0.601. The molecule has 1 saturated heterocycles. The highest BCUT2D eigenvalue weighted by Crippen LogP contribution is 2.22. The fraction of sp³-hybridized carbons (Fsp3) is 0.667. The maximum Gasteiger partial charge on any atom is 0.309 e. The van der Waals surface area contributed by atoms with Gasteiger partial charge in [-0.15, -0.1) is 11.3 Å². The molecule has 2 rings (SSSR count). The van der Waals surface area contributed by atoms with Gasteiger partial charge < -0.3 is 10.0 Å². The molecular weight excluding hydrogens is 236 g/mol.